The fourth-order valence-electron chi connectivity index (χ4n) is 3.87. The van der Waals surface area contributed by atoms with Gasteiger partial charge in [-0.05, 0) is 38.6 Å². The second-order valence-corrected chi connectivity index (χ2v) is 6.93. The number of hydrogen-bond donors (Lipinski definition) is 2. The fourth-order valence-corrected chi connectivity index (χ4v) is 3.87. The lowest BCUT2D eigenvalue weighted by atomic mass is 9.74. The largest absolute Gasteiger partial charge is 0.493 e. The maximum absolute atomic E-state index is 12.3. The number of rotatable bonds is 4. The number of esters is 1. The number of benzene rings is 1. The molecule has 1 heterocycles. The van der Waals surface area contributed by atoms with Crippen molar-refractivity contribution in [3.63, 3.8) is 0 Å². The molecule has 1 aromatic carbocycles. The van der Waals surface area contributed by atoms with Gasteiger partial charge in [-0.1, -0.05) is 0 Å². The molecule has 142 valence electrons. The molecule has 0 amide bonds. The van der Waals surface area contributed by atoms with Gasteiger partial charge >= 0.3 is 5.97 Å². The first kappa shape index (κ1) is 18.5. The highest BCUT2D eigenvalue weighted by Gasteiger charge is 2.43. The lowest BCUT2D eigenvalue weighted by molar-refractivity contribution is -0.129. The Labute approximate surface area is 153 Å². The van der Waals surface area contributed by atoms with Crippen LogP contribution >= 0.6 is 0 Å². The normalized spacial score (nSPS) is 25.8. The van der Waals surface area contributed by atoms with Gasteiger partial charge in [0.15, 0.2) is 17.3 Å². The summed E-state index contributed by atoms with van der Waals surface area (Å²) in [5, 5.41) is 3.42. The molecule has 1 aliphatic heterocycles. The Morgan fingerprint density at radius 1 is 1.23 bits per heavy atom. The number of hydrogen-bond acceptors (Lipinski definition) is 7. The summed E-state index contributed by atoms with van der Waals surface area (Å²) in [6.07, 6.45) is 4.58. The summed E-state index contributed by atoms with van der Waals surface area (Å²) >= 11 is 0. The molecule has 0 radical (unpaired) electrons. The number of nitrogens with one attached hydrogen (secondary N) is 1. The highest BCUT2D eigenvalue weighted by Crippen LogP contribution is 2.38. The molecule has 3 rings (SSSR count). The van der Waals surface area contributed by atoms with Gasteiger partial charge in [0.05, 0.1) is 37.1 Å². The van der Waals surface area contributed by atoms with Crippen molar-refractivity contribution in [2.24, 2.45) is 0 Å². The SMILES string of the molecule is COC(=O)c1cc(OC2CCC3(CC2)NCCCC3=O)c(OC)cc1N. The molecule has 2 aliphatic rings. The van der Waals surface area contributed by atoms with E-state index in [2.05, 4.69) is 5.32 Å². The van der Waals surface area contributed by atoms with Crippen LogP contribution in [0.4, 0.5) is 5.69 Å². The van der Waals surface area contributed by atoms with Gasteiger partial charge in [0, 0.05) is 18.6 Å². The van der Waals surface area contributed by atoms with Crippen molar-refractivity contribution in [2.45, 2.75) is 50.2 Å². The summed E-state index contributed by atoms with van der Waals surface area (Å²) in [6.45, 7) is 0.894. The molecule has 0 aromatic heterocycles. The monoisotopic (exact) mass is 362 g/mol. The molecule has 7 heteroatoms. The van der Waals surface area contributed by atoms with Crippen LogP contribution in [0.5, 0.6) is 11.5 Å². The third-order valence-electron chi connectivity index (χ3n) is 5.40. The number of carbonyl (C=O) groups excluding carboxylic acids is 2. The van der Waals surface area contributed by atoms with Crippen LogP contribution in [0.2, 0.25) is 0 Å². The van der Waals surface area contributed by atoms with Gasteiger partial charge in [0.25, 0.3) is 0 Å². The number of nitrogen functional groups attached to an aromatic ring is 1. The standard InChI is InChI=1S/C19H26N2O5/c1-24-15-11-14(20)13(18(23)25-2)10-16(15)26-12-5-7-19(8-6-12)17(22)4-3-9-21-19/h10-12,21H,3-9,20H2,1-2H3. The Morgan fingerprint density at radius 3 is 2.58 bits per heavy atom. The third-order valence-corrected chi connectivity index (χ3v) is 5.40. The van der Waals surface area contributed by atoms with Crippen LogP contribution in [-0.2, 0) is 9.53 Å². The average molecular weight is 362 g/mol. The minimum atomic E-state index is -0.519. The molecule has 7 nitrogen and oxygen atoms in total. The van der Waals surface area contributed by atoms with Crippen molar-refractivity contribution in [1.82, 2.24) is 5.32 Å². The molecule has 3 N–H and O–H groups in total. The predicted octanol–water partition coefficient (Wildman–Crippen LogP) is 2.08. The number of Topliss-reactive ketones (excluding diaryl/α,β-unsaturated/α-hetero) is 1. The average Bonchev–Trinajstić information content (AvgIpc) is 2.66. The Hall–Kier alpha value is -2.28. The molecule has 1 aromatic rings. The van der Waals surface area contributed by atoms with E-state index in [-0.39, 0.29) is 22.9 Å². The van der Waals surface area contributed by atoms with Crippen LogP contribution in [0, 0.1) is 0 Å². The van der Waals surface area contributed by atoms with Gasteiger partial charge in [-0.15, -0.1) is 0 Å². The summed E-state index contributed by atoms with van der Waals surface area (Å²) in [5.74, 6) is 0.739. The van der Waals surface area contributed by atoms with E-state index in [0.29, 0.717) is 23.7 Å². The number of methoxy groups -OCH3 is 2. The van der Waals surface area contributed by atoms with Crippen molar-refractivity contribution in [1.29, 1.82) is 0 Å². The van der Waals surface area contributed by atoms with Crippen molar-refractivity contribution >= 4 is 17.4 Å². The van der Waals surface area contributed by atoms with Gasteiger partial charge in [-0.25, -0.2) is 4.79 Å². The number of ether oxygens (including phenoxy) is 3. The van der Waals surface area contributed by atoms with Gasteiger partial charge < -0.3 is 25.3 Å². The number of ketones is 1. The third kappa shape index (κ3) is 3.49. The van der Waals surface area contributed by atoms with E-state index in [1.54, 1.807) is 12.1 Å². The Morgan fingerprint density at radius 2 is 1.96 bits per heavy atom. The van der Waals surface area contributed by atoms with Crippen LogP contribution in [0.3, 0.4) is 0 Å². The molecule has 1 saturated carbocycles. The van der Waals surface area contributed by atoms with Gasteiger partial charge in [-0.3, -0.25) is 4.79 Å². The van der Waals surface area contributed by atoms with Crippen LogP contribution < -0.4 is 20.5 Å². The molecule has 26 heavy (non-hydrogen) atoms. The molecule has 2 fully saturated rings. The van der Waals surface area contributed by atoms with Gasteiger partial charge in [0.1, 0.15) is 0 Å². The molecular formula is C19H26N2O5. The zero-order valence-electron chi connectivity index (χ0n) is 15.3. The maximum atomic E-state index is 12.3. The van der Waals surface area contributed by atoms with Crippen LogP contribution in [0.25, 0.3) is 0 Å². The fraction of sp³-hybridized carbons (Fsp3) is 0.579. The molecule has 1 spiro atoms. The number of nitrogens with two attached hydrogens (primary N) is 1. The second kappa shape index (κ2) is 7.53. The molecule has 0 atom stereocenters. The van der Waals surface area contributed by atoms with E-state index in [4.69, 9.17) is 19.9 Å². The van der Waals surface area contributed by atoms with Crippen molar-refractivity contribution < 1.29 is 23.8 Å². The first-order valence-electron chi connectivity index (χ1n) is 9.00. The van der Waals surface area contributed by atoms with Crippen molar-refractivity contribution in [3.05, 3.63) is 17.7 Å². The topological polar surface area (TPSA) is 99.9 Å². The minimum absolute atomic E-state index is 0.0415. The Kier molecular flexibility index (Phi) is 5.36. The summed E-state index contributed by atoms with van der Waals surface area (Å²) in [5.41, 5.74) is 6.06. The maximum Gasteiger partial charge on any atom is 0.340 e. The van der Waals surface area contributed by atoms with E-state index < -0.39 is 5.97 Å². The summed E-state index contributed by atoms with van der Waals surface area (Å²) < 4.78 is 16.2. The van der Waals surface area contributed by atoms with E-state index in [0.717, 1.165) is 38.6 Å². The first-order valence-corrected chi connectivity index (χ1v) is 9.00. The predicted molar refractivity (Wildman–Crippen MR) is 96.6 cm³/mol. The molecule has 0 unspecified atom stereocenters. The van der Waals surface area contributed by atoms with E-state index in [1.807, 2.05) is 0 Å². The highest BCUT2D eigenvalue weighted by atomic mass is 16.5. The Bertz CT molecular complexity index is 695. The van der Waals surface area contributed by atoms with Crippen LogP contribution in [0.15, 0.2) is 12.1 Å². The molecule has 0 bridgehead atoms. The van der Waals surface area contributed by atoms with E-state index >= 15 is 0 Å². The quantitative estimate of drug-likeness (QED) is 0.625. The summed E-state index contributed by atoms with van der Waals surface area (Å²) in [4.78, 5) is 24.2. The van der Waals surface area contributed by atoms with Crippen LogP contribution in [-0.4, -0.2) is 44.2 Å². The zero-order valence-corrected chi connectivity index (χ0v) is 15.3. The van der Waals surface area contributed by atoms with Gasteiger partial charge in [0.2, 0.25) is 0 Å². The lowest BCUT2D eigenvalue weighted by Gasteiger charge is -2.42. The molecule has 1 aliphatic carbocycles. The minimum Gasteiger partial charge on any atom is -0.493 e. The first-order chi connectivity index (χ1) is 12.5. The molecular weight excluding hydrogens is 336 g/mol. The number of anilines is 1. The summed E-state index contributed by atoms with van der Waals surface area (Å²) in [6, 6.07) is 3.13. The van der Waals surface area contributed by atoms with E-state index in [1.165, 1.54) is 14.2 Å². The van der Waals surface area contributed by atoms with E-state index in [9.17, 15) is 9.59 Å². The van der Waals surface area contributed by atoms with Crippen molar-refractivity contribution in [2.75, 3.05) is 26.5 Å². The smallest absolute Gasteiger partial charge is 0.340 e. The van der Waals surface area contributed by atoms with Crippen molar-refractivity contribution in [3.8, 4) is 11.5 Å². The number of piperidine rings is 1. The van der Waals surface area contributed by atoms with Gasteiger partial charge in [-0.2, -0.15) is 0 Å². The lowest BCUT2D eigenvalue weighted by Crippen LogP contribution is -2.58. The second-order valence-electron chi connectivity index (χ2n) is 6.93. The van der Waals surface area contributed by atoms with Crippen LogP contribution in [0.1, 0.15) is 48.9 Å². The zero-order chi connectivity index (χ0) is 18.7. The highest BCUT2D eigenvalue weighted by molar-refractivity contribution is 5.96. The summed E-state index contributed by atoms with van der Waals surface area (Å²) in [7, 11) is 2.83. The molecule has 1 saturated heterocycles. The number of carbonyl (C=O) groups is 2. The Balaban J connectivity index is 1.73.